The Morgan fingerprint density at radius 1 is 1.26 bits per heavy atom. The van der Waals surface area contributed by atoms with E-state index >= 15 is 0 Å². The van der Waals surface area contributed by atoms with Crippen LogP contribution in [0.1, 0.15) is 12.5 Å². The molecule has 0 unspecified atom stereocenters. The molecule has 0 bridgehead atoms. The summed E-state index contributed by atoms with van der Waals surface area (Å²) < 4.78 is 6.76. The second-order valence-corrected chi connectivity index (χ2v) is 5.28. The van der Waals surface area contributed by atoms with Crippen molar-refractivity contribution >= 4 is 32.7 Å². The van der Waals surface area contributed by atoms with Crippen molar-refractivity contribution in [3.05, 3.63) is 46.4 Å². The van der Waals surface area contributed by atoms with Gasteiger partial charge in [0.2, 0.25) is 5.89 Å². The van der Waals surface area contributed by atoms with E-state index in [0.717, 1.165) is 27.6 Å². The molecule has 0 atom stereocenters. The van der Waals surface area contributed by atoms with E-state index in [-0.39, 0.29) is 0 Å². The molecule has 3 rings (SSSR count). The Bertz CT molecular complexity index is 749. The molecular weight excluding hydrogens is 304 g/mol. The van der Waals surface area contributed by atoms with Crippen molar-refractivity contribution in [3.63, 3.8) is 0 Å². The average molecular weight is 317 g/mol. The van der Waals surface area contributed by atoms with Crippen LogP contribution in [0.15, 0.2) is 45.3 Å². The standard InChI is InChI=1S/C15H13BrN2O/c1-2-9-6-12(16)14-13(7-9)18-15(19-14)10-4-3-5-11(17)8-10/h3-8H,2,17H2,1H3. The summed E-state index contributed by atoms with van der Waals surface area (Å²) in [6.45, 7) is 2.12. The van der Waals surface area contributed by atoms with Gasteiger partial charge in [0.25, 0.3) is 0 Å². The summed E-state index contributed by atoms with van der Waals surface area (Å²) in [5.41, 5.74) is 10.2. The predicted octanol–water partition coefficient (Wildman–Crippen LogP) is 4.40. The monoisotopic (exact) mass is 316 g/mol. The van der Waals surface area contributed by atoms with Crippen LogP contribution in [0.4, 0.5) is 5.69 Å². The number of aromatic nitrogens is 1. The molecule has 0 amide bonds. The fraction of sp³-hybridized carbons (Fsp3) is 0.133. The molecule has 3 nitrogen and oxygen atoms in total. The molecule has 0 saturated heterocycles. The highest BCUT2D eigenvalue weighted by Gasteiger charge is 2.12. The molecule has 2 N–H and O–H groups in total. The Labute approximate surface area is 119 Å². The van der Waals surface area contributed by atoms with Crippen LogP contribution in [0.3, 0.4) is 0 Å². The van der Waals surface area contributed by atoms with Crippen molar-refractivity contribution < 1.29 is 4.42 Å². The fourth-order valence-corrected chi connectivity index (χ4v) is 2.62. The summed E-state index contributed by atoms with van der Waals surface area (Å²) in [7, 11) is 0. The molecule has 0 saturated carbocycles. The van der Waals surface area contributed by atoms with Crippen LogP contribution in [-0.4, -0.2) is 4.98 Å². The summed E-state index contributed by atoms with van der Waals surface area (Å²) in [5, 5.41) is 0. The van der Waals surface area contributed by atoms with Gasteiger partial charge in [0.05, 0.1) is 4.47 Å². The smallest absolute Gasteiger partial charge is 0.227 e. The quantitative estimate of drug-likeness (QED) is 0.713. The number of nitrogens with zero attached hydrogens (tertiary/aromatic N) is 1. The minimum atomic E-state index is 0.594. The zero-order valence-electron chi connectivity index (χ0n) is 10.5. The van der Waals surface area contributed by atoms with Gasteiger partial charge in [-0.05, 0) is 58.2 Å². The third-order valence-corrected chi connectivity index (χ3v) is 3.64. The zero-order chi connectivity index (χ0) is 13.4. The summed E-state index contributed by atoms with van der Waals surface area (Å²) in [6, 6.07) is 11.7. The van der Waals surface area contributed by atoms with E-state index in [9.17, 15) is 0 Å². The zero-order valence-corrected chi connectivity index (χ0v) is 12.1. The summed E-state index contributed by atoms with van der Waals surface area (Å²) in [4.78, 5) is 4.54. The maximum atomic E-state index is 5.83. The van der Waals surface area contributed by atoms with Crippen LogP contribution in [0, 0.1) is 0 Å². The van der Waals surface area contributed by atoms with Gasteiger partial charge in [-0.2, -0.15) is 0 Å². The lowest BCUT2D eigenvalue weighted by molar-refractivity contribution is 0.618. The number of halogens is 1. The number of hydrogen-bond acceptors (Lipinski definition) is 3. The molecule has 4 heteroatoms. The van der Waals surface area contributed by atoms with Gasteiger partial charge in [0.15, 0.2) is 5.58 Å². The number of fused-ring (bicyclic) bond motifs is 1. The molecule has 0 aliphatic heterocycles. The van der Waals surface area contributed by atoms with Gasteiger partial charge in [-0.3, -0.25) is 0 Å². The van der Waals surface area contributed by atoms with Gasteiger partial charge < -0.3 is 10.2 Å². The lowest BCUT2D eigenvalue weighted by Crippen LogP contribution is -1.84. The highest BCUT2D eigenvalue weighted by Crippen LogP contribution is 2.31. The lowest BCUT2D eigenvalue weighted by atomic mass is 10.1. The number of rotatable bonds is 2. The fourth-order valence-electron chi connectivity index (χ4n) is 2.05. The van der Waals surface area contributed by atoms with Gasteiger partial charge in [-0.15, -0.1) is 0 Å². The van der Waals surface area contributed by atoms with Gasteiger partial charge in [-0.1, -0.05) is 13.0 Å². The van der Waals surface area contributed by atoms with E-state index < -0.39 is 0 Å². The second-order valence-electron chi connectivity index (χ2n) is 4.42. The average Bonchev–Trinajstić information content (AvgIpc) is 2.83. The van der Waals surface area contributed by atoms with Crippen LogP contribution in [0.2, 0.25) is 0 Å². The van der Waals surface area contributed by atoms with E-state index in [2.05, 4.69) is 40.0 Å². The molecule has 3 aromatic rings. The lowest BCUT2D eigenvalue weighted by Gasteiger charge is -1.97. The van der Waals surface area contributed by atoms with Gasteiger partial charge in [0, 0.05) is 11.3 Å². The van der Waals surface area contributed by atoms with Crippen molar-refractivity contribution in [1.29, 1.82) is 0 Å². The van der Waals surface area contributed by atoms with Crippen molar-refractivity contribution in [3.8, 4) is 11.5 Å². The molecule has 1 aromatic heterocycles. The van der Waals surface area contributed by atoms with Crippen molar-refractivity contribution in [2.75, 3.05) is 5.73 Å². The molecule has 1 heterocycles. The van der Waals surface area contributed by atoms with Gasteiger partial charge in [0.1, 0.15) is 5.52 Å². The van der Waals surface area contributed by atoms with Crippen molar-refractivity contribution in [2.24, 2.45) is 0 Å². The second kappa shape index (κ2) is 4.70. The van der Waals surface area contributed by atoms with E-state index in [1.807, 2.05) is 24.3 Å². The minimum Gasteiger partial charge on any atom is -0.435 e. The maximum absolute atomic E-state index is 5.83. The molecule has 2 aromatic carbocycles. The predicted molar refractivity (Wildman–Crippen MR) is 80.9 cm³/mol. The highest BCUT2D eigenvalue weighted by atomic mass is 79.9. The van der Waals surface area contributed by atoms with Gasteiger partial charge in [-0.25, -0.2) is 4.98 Å². The van der Waals surface area contributed by atoms with Crippen LogP contribution in [-0.2, 0) is 6.42 Å². The highest BCUT2D eigenvalue weighted by molar-refractivity contribution is 9.10. The number of nitrogens with two attached hydrogens (primary N) is 1. The molecule has 0 aliphatic rings. The SMILES string of the molecule is CCc1cc(Br)c2oc(-c3cccc(N)c3)nc2c1. The van der Waals surface area contributed by atoms with Crippen molar-refractivity contribution in [1.82, 2.24) is 4.98 Å². The number of benzene rings is 2. The molecular formula is C15H13BrN2O. The molecule has 0 aliphatic carbocycles. The van der Waals surface area contributed by atoms with Crippen LogP contribution in [0.5, 0.6) is 0 Å². The largest absolute Gasteiger partial charge is 0.435 e. The first-order chi connectivity index (χ1) is 9.17. The van der Waals surface area contributed by atoms with E-state index in [4.69, 9.17) is 10.2 Å². The Morgan fingerprint density at radius 2 is 2.11 bits per heavy atom. The van der Waals surface area contributed by atoms with Crippen molar-refractivity contribution in [2.45, 2.75) is 13.3 Å². The normalized spacial score (nSPS) is 11.1. The number of anilines is 1. The number of hydrogen-bond donors (Lipinski definition) is 1. The van der Waals surface area contributed by atoms with Crippen LogP contribution < -0.4 is 5.73 Å². The first kappa shape index (κ1) is 12.2. The first-order valence-corrected chi connectivity index (χ1v) is 6.91. The van der Waals surface area contributed by atoms with Gasteiger partial charge >= 0.3 is 0 Å². The Balaban J connectivity index is 2.19. The summed E-state index contributed by atoms with van der Waals surface area (Å²) in [5.74, 6) is 0.594. The van der Waals surface area contributed by atoms with E-state index in [1.54, 1.807) is 0 Å². The minimum absolute atomic E-state index is 0.594. The maximum Gasteiger partial charge on any atom is 0.227 e. The van der Waals surface area contributed by atoms with Crippen LogP contribution >= 0.6 is 15.9 Å². The van der Waals surface area contributed by atoms with E-state index in [1.165, 1.54) is 5.56 Å². The summed E-state index contributed by atoms with van der Waals surface area (Å²) in [6.07, 6.45) is 0.967. The number of aryl methyl sites for hydroxylation is 1. The molecule has 0 spiro atoms. The molecule has 0 radical (unpaired) electrons. The number of nitrogen functional groups attached to an aromatic ring is 1. The first-order valence-electron chi connectivity index (χ1n) is 6.12. The Hall–Kier alpha value is -1.81. The molecule has 0 fully saturated rings. The Kier molecular flexibility index (Phi) is 3.03. The third-order valence-electron chi connectivity index (χ3n) is 3.05. The Morgan fingerprint density at radius 3 is 2.84 bits per heavy atom. The number of oxazole rings is 1. The third kappa shape index (κ3) is 2.24. The van der Waals surface area contributed by atoms with E-state index in [0.29, 0.717) is 11.6 Å². The topological polar surface area (TPSA) is 52.0 Å². The molecule has 96 valence electrons. The molecule has 19 heavy (non-hydrogen) atoms. The van der Waals surface area contributed by atoms with Crippen LogP contribution in [0.25, 0.3) is 22.6 Å². The summed E-state index contributed by atoms with van der Waals surface area (Å²) >= 11 is 3.53.